The molecule has 0 fully saturated rings. The molecule has 102 valence electrons. The first kappa shape index (κ1) is 14.6. The lowest BCUT2D eigenvalue weighted by Gasteiger charge is -2.05. The zero-order valence-electron chi connectivity index (χ0n) is 10.2. The summed E-state index contributed by atoms with van der Waals surface area (Å²) >= 11 is 0. The number of esters is 2. The van der Waals surface area contributed by atoms with E-state index in [1.54, 1.807) is 6.07 Å². The van der Waals surface area contributed by atoms with Gasteiger partial charge in [-0.25, -0.2) is 4.79 Å². The van der Waals surface area contributed by atoms with E-state index in [1.807, 2.05) is 0 Å². The molecule has 0 bridgehead atoms. The molecule has 2 N–H and O–H groups in total. The Labute approximate surface area is 109 Å². The highest BCUT2D eigenvalue weighted by Gasteiger charge is 2.06. The Morgan fingerprint density at radius 3 is 2.58 bits per heavy atom. The predicted molar refractivity (Wildman–Crippen MR) is 65.3 cm³/mol. The number of aromatic hydroxyl groups is 2. The van der Waals surface area contributed by atoms with Crippen LogP contribution in [0.4, 0.5) is 0 Å². The molecule has 0 amide bonds. The minimum absolute atomic E-state index is 0.0653. The quantitative estimate of drug-likeness (QED) is 0.348. The van der Waals surface area contributed by atoms with Crippen molar-refractivity contribution in [1.82, 2.24) is 0 Å². The number of rotatable bonds is 6. The molecule has 1 rings (SSSR count). The fourth-order valence-electron chi connectivity index (χ4n) is 1.26. The average Bonchev–Trinajstić information content (AvgIpc) is 2.40. The maximum atomic E-state index is 11.3. The molecule has 0 spiro atoms. The lowest BCUT2D eigenvalue weighted by molar-refractivity contribution is -0.163. The minimum Gasteiger partial charge on any atom is -0.504 e. The molecule has 0 saturated carbocycles. The molecule has 0 aliphatic carbocycles. The van der Waals surface area contributed by atoms with Gasteiger partial charge in [-0.15, -0.1) is 0 Å². The molecular formula is C13H14O6. The van der Waals surface area contributed by atoms with Crippen LogP contribution in [0, 0.1) is 0 Å². The van der Waals surface area contributed by atoms with E-state index in [0.717, 1.165) is 6.08 Å². The van der Waals surface area contributed by atoms with E-state index >= 15 is 0 Å². The van der Waals surface area contributed by atoms with Crippen LogP contribution in [-0.4, -0.2) is 28.9 Å². The molecule has 0 aliphatic heterocycles. The molecule has 0 radical (unpaired) electrons. The third-order valence-corrected chi connectivity index (χ3v) is 2.25. The van der Waals surface area contributed by atoms with Crippen LogP contribution in [0.25, 0.3) is 0 Å². The largest absolute Gasteiger partial charge is 0.504 e. The molecule has 6 heteroatoms. The van der Waals surface area contributed by atoms with Gasteiger partial charge < -0.3 is 19.7 Å². The van der Waals surface area contributed by atoms with Crippen molar-refractivity contribution in [3.63, 3.8) is 0 Å². The van der Waals surface area contributed by atoms with E-state index in [0.29, 0.717) is 12.0 Å². The van der Waals surface area contributed by atoms with Crippen LogP contribution in [0.5, 0.6) is 11.5 Å². The standard InChI is InChI=1S/C13H14O6/c1-2-12(16)18-8-19-13(17)6-4-9-3-5-10(14)11(15)7-9/h2-3,5,7,14-15H,1,4,6,8H2. The SMILES string of the molecule is C=CC(=O)OCOC(=O)CCc1ccc(O)c(O)c1. The third-order valence-electron chi connectivity index (χ3n) is 2.25. The Morgan fingerprint density at radius 2 is 1.95 bits per heavy atom. The Bertz CT molecular complexity index is 480. The van der Waals surface area contributed by atoms with Gasteiger partial charge in [-0.3, -0.25) is 4.79 Å². The van der Waals surface area contributed by atoms with E-state index in [1.165, 1.54) is 12.1 Å². The summed E-state index contributed by atoms with van der Waals surface area (Å²) < 4.78 is 9.12. The van der Waals surface area contributed by atoms with Crippen LogP contribution >= 0.6 is 0 Å². The van der Waals surface area contributed by atoms with Crippen LogP contribution in [-0.2, 0) is 25.5 Å². The first-order chi connectivity index (χ1) is 9.02. The van der Waals surface area contributed by atoms with Gasteiger partial charge in [0.15, 0.2) is 11.5 Å². The summed E-state index contributed by atoms with van der Waals surface area (Å²) in [6.45, 7) is 2.74. The van der Waals surface area contributed by atoms with Crippen molar-refractivity contribution in [2.75, 3.05) is 6.79 Å². The maximum absolute atomic E-state index is 11.3. The molecular weight excluding hydrogens is 252 g/mol. The van der Waals surface area contributed by atoms with Crippen LogP contribution in [0.1, 0.15) is 12.0 Å². The highest BCUT2D eigenvalue weighted by molar-refractivity contribution is 5.81. The van der Waals surface area contributed by atoms with Gasteiger partial charge in [0, 0.05) is 12.5 Å². The van der Waals surface area contributed by atoms with Crippen molar-refractivity contribution in [1.29, 1.82) is 0 Å². The molecule has 1 aromatic rings. The van der Waals surface area contributed by atoms with Gasteiger partial charge in [-0.1, -0.05) is 12.6 Å². The van der Waals surface area contributed by atoms with Gasteiger partial charge in [0.25, 0.3) is 0 Å². The van der Waals surface area contributed by atoms with Crippen molar-refractivity contribution in [3.05, 3.63) is 36.4 Å². The van der Waals surface area contributed by atoms with E-state index in [-0.39, 0.29) is 17.9 Å². The third kappa shape index (κ3) is 5.12. The van der Waals surface area contributed by atoms with Crippen molar-refractivity contribution in [3.8, 4) is 11.5 Å². The Hall–Kier alpha value is -2.50. The van der Waals surface area contributed by atoms with E-state index in [4.69, 9.17) is 5.11 Å². The summed E-state index contributed by atoms with van der Waals surface area (Å²) in [4.78, 5) is 21.9. The topological polar surface area (TPSA) is 93.1 Å². The van der Waals surface area contributed by atoms with Crippen LogP contribution in [0.3, 0.4) is 0 Å². The molecule has 6 nitrogen and oxygen atoms in total. The van der Waals surface area contributed by atoms with Crippen molar-refractivity contribution in [2.24, 2.45) is 0 Å². The minimum atomic E-state index is -0.670. The number of hydrogen-bond donors (Lipinski definition) is 2. The second-order valence-corrected chi connectivity index (χ2v) is 3.62. The predicted octanol–water partition coefficient (Wildman–Crippen LogP) is 1.26. The molecule has 0 aliphatic rings. The molecule has 0 unspecified atom stereocenters. The zero-order chi connectivity index (χ0) is 14.3. The molecule has 0 saturated heterocycles. The zero-order valence-corrected chi connectivity index (χ0v) is 10.2. The first-order valence-corrected chi connectivity index (χ1v) is 5.48. The summed E-state index contributed by atoms with van der Waals surface area (Å²) in [6, 6.07) is 4.28. The average molecular weight is 266 g/mol. The van der Waals surface area contributed by atoms with Gasteiger partial charge in [0.2, 0.25) is 6.79 Å². The number of benzene rings is 1. The van der Waals surface area contributed by atoms with Crippen molar-refractivity contribution >= 4 is 11.9 Å². The Balaban J connectivity index is 2.31. The fraction of sp³-hybridized carbons (Fsp3) is 0.231. The van der Waals surface area contributed by atoms with E-state index < -0.39 is 18.7 Å². The smallest absolute Gasteiger partial charge is 0.333 e. The highest BCUT2D eigenvalue weighted by atomic mass is 16.7. The van der Waals surface area contributed by atoms with Crippen molar-refractivity contribution < 1.29 is 29.3 Å². The van der Waals surface area contributed by atoms with Gasteiger partial charge in [0.1, 0.15) is 0 Å². The molecule has 19 heavy (non-hydrogen) atoms. The second-order valence-electron chi connectivity index (χ2n) is 3.62. The summed E-state index contributed by atoms with van der Waals surface area (Å²) in [7, 11) is 0. The van der Waals surface area contributed by atoms with Gasteiger partial charge >= 0.3 is 11.9 Å². The van der Waals surface area contributed by atoms with E-state index in [9.17, 15) is 14.7 Å². The molecule has 0 atom stereocenters. The first-order valence-electron chi connectivity index (χ1n) is 5.48. The lowest BCUT2D eigenvalue weighted by Crippen LogP contribution is -2.11. The Morgan fingerprint density at radius 1 is 1.21 bits per heavy atom. The second kappa shape index (κ2) is 7.05. The maximum Gasteiger partial charge on any atom is 0.333 e. The number of carbonyl (C=O) groups is 2. The number of phenolic OH excluding ortho intramolecular Hbond substituents is 2. The molecule has 0 aromatic heterocycles. The normalized spacial score (nSPS) is 9.68. The van der Waals surface area contributed by atoms with Gasteiger partial charge in [-0.05, 0) is 24.1 Å². The molecule has 1 aromatic carbocycles. The Kier molecular flexibility index (Phi) is 5.40. The number of phenols is 2. The van der Waals surface area contributed by atoms with Crippen LogP contribution < -0.4 is 0 Å². The fourth-order valence-corrected chi connectivity index (χ4v) is 1.26. The van der Waals surface area contributed by atoms with Crippen molar-refractivity contribution in [2.45, 2.75) is 12.8 Å². The molecule has 0 heterocycles. The number of aryl methyl sites for hydroxylation is 1. The number of carbonyl (C=O) groups excluding carboxylic acids is 2. The number of ether oxygens (including phenoxy) is 2. The van der Waals surface area contributed by atoms with Gasteiger partial charge in [-0.2, -0.15) is 0 Å². The monoisotopic (exact) mass is 266 g/mol. The highest BCUT2D eigenvalue weighted by Crippen LogP contribution is 2.25. The summed E-state index contributed by atoms with van der Waals surface area (Å²) in [5, 5.41) is 18.4. The number of hydrogen-bond acceptors (Lipinski definition) is 6. The summed E-state index contributed by atoms with van der Waals surface area (Å²) in [5.74, 6) is -1.67. The summed E-state index contributed by atoms with van der Waals surface area (Å²) in [5.41, 5.74) is 0.676. The van der Waals surface area contributed by atoms with Gasteiger partial charge in [0.05, 0.1) is 0 Å². The van der Waals surface area contributed by atoms with Crippen LogP contribution in [0.15, 0.2) is 30.9 Å². The van der Waals surface area contributed by atoms with Crippen LogP contribution in [0.2, 0.25) is 0 Å². The van der Waals surface area contributed by atoms with E-state index in [2.05, 4.69) is 16.1 Å². The lowest BCUT2D eigenvalue weighted by atomic mass is 10.1. The summed E-state index contributed by atoms with van der Waals surface area (Å²) in [6.07, 6.45) is 1.37.